The van der Waals surface area contributed by atoms with Crippen molar-refractivity contribution in [1.82, 2.24) is 0 Å². The van der Waals surface area contributed by atoms with Gasteiger partial charge in [0, 0.05) is 0 Å². The van der Waals surface area contributed by atoms with E-state index in [-0.39, 0.29) is 0 Å². The zero-order chi connectivity index (χ0) is 23.7. The summed E-state index contributed by atoms with van der Waals surface area (Å²) in [4.78, 5) is 8.66. The first-order chi connectivity index (χ1) is 16.4. The van der Waals surface area contributed by atoms with Gasteiger partial charge < -0.3 is 0 Å². The molecule has 0 aromatic heterocycles. The van der Waals surface area contributed by atoms with Crippen LogP contribution in [0.25, 0.3) is 0 Å². The Morgan fingerprint density at radius 1 is 0.455 bits per heavy atom. The summed E-state index contributed by atoms with van der Waals surface area (Å²) in [6.07, 6.45) is 40.3. The molecule has 192 valence electrons. The third-order valence-corrected chi connectivity index (χ3v) is 7.46. The van der Waals surface area contributed by atoms with Gasteiger partial charge in [0.15, 0.2) is 12.4 Å². The number of nitrogens with zero attached hydrogens (tertiary/aromatic N) is 2. The molecule has 1 heterocycles. The van der Waals surface area contributed by atoms with Gasteiger partial charge in [-0.3, -0.25) is 0 Å². The average Bonchev–Trinajstić information content (AvgIpc) is 3.35. The molecule has 0 saturated heterocycles. The highest BCUT2D eigenvalue weighted by molar-refractivity contribution is 6.18. The van der Waals surface area contributed by atoms with E-state index in [1.165, 1.54) is 154 Å². The summed E-state index contributed by atoms with van der Waals surface area (Å²) in [6.45, 7) is 4.61. The summed E-state index contributed by atoms with van der Waals surface area (Å²) in [5.74, 6) is 0.962. The van der Waals surface area contributed by atoms with Crippen molar-refractivity contribution in [2.24, 2.45) is 15.9 Å². The smallest absolute Gasteiger partial charge is 0.0968 e. The van der Waals surface area contributed by atoms with Crippen molar-refractivity contribution in [2.75, 3.05) is 0 Å². The van der Waals surface area contributed by atoms with Crippen LogP contribution in [0.2, 0.25) is 0 Å². The quantitative estimate of drug-likeness (QED) is 0.0907. The molecule has 0 fully saturated rings. The van der Waals surface area contributed by atoms with E-state index in [0.29, 0.717) is 0 Å². The molecular formula is C31H59N2+. The van der Waals surface area contributed by atoms with E-state index in [1.807, 2.05) is 12.4 Å². The van der Waals surface area contributed by atoms with Gasteiger partial charge in [0.05, 0.1) is 6.42 Å². The van der Waals surface area contributed by atoms with E-state index in [9.17, 15) is 0 Å². The minimum Gasteiger partial charge on any atom is -0.0968 e. The van der Waals surface area contributed by atoms with Crippen molar-refractivity contribution < 1.29 is 0 Å². The Balaban J connectivity index is 2.07. The first kappa shape index (κ1) is 30.2. The van der Waals surface area contributed by atoms with Crippen molar-refractivity contribution in [2.45, 2.75) is 174 Å². The van der Waals surface area contributed by atoms with Gasteiger partial charge in [-0.1, -0.05) is 172 Å². The lowest BCUT2D eigenvalue weighted by Crippen LogP contribution is -2.02. The second-order valence-corrected chi connectivity index (χ2v) is 10.7. The Kier molecular flexibility index (Phi) is 22.3. The maximum absolute atomic E-state index is 4.33. The third-order valence-electron chi connectivity index (χ3n) is 7.46. The van der Waals surface area contributed by atoms with Crippen LogP contribution in [0.3, 0.4) is 0 Å². The lowest BCUT2D eigenvalue weighted by atomic mass is 9.89. The highest BCUT2D eigenvalue weighted by Gasteiger charge is 2.15. The highest BCUT2D eigenvalue weighted by Crippen LogP contribution is 2.26. The van der Waals surface area contributed by atoms with Crippen LogP contribution in [0.1, 0.15) is 174 Å². The minimum absolute atomic E-state index is 0.962. The first-order valence-corrected chi connectivity index (χ1v) is 15.3. The van der Waals surface area contributed by atoms with Crippen LogP contribution < -0.4 is 0 Å². The Bertz CT molecular complexity index is 430. The summed E-state index contributed by atoms with van der Waals surface area (Å²) in [5, 5.41) is 0. The maximum atomic E-state index is 4.33. The molecule has 0 aromatic rings. The lowest BCUT2D eigenvalue weighted by molar-refractivity contribution is 0.367. The molecule has 1 unspecified atom stereocenters. The summed E-state index contributed by atoms with van der Waals surface area (Å²) in [7, 11) is 0. The van der Waals surface area contributed by atoms with Crippen LogP contribution in [-0.4, -0.2) is 12.4 Å². The summed E-state index contributed by atoms with van der Waals surface area (Å²) < 4.78 is 0. The summed E-state index contributed by atoms with van der Waals surface area (Å²) in [5.41, 5.74) is 0. The molecule has 0 saturated carbocycles. The fourth-order valence-electron chi connectivity index (χ4n) is 5.21. The molecule has 1 aliphatic heterocycles. The molecule has 1 atom stereocenters. The average molecular weight is 460 g/mol. The van der Waals surface area contributed by atoms with Crippen molar-refractivity contribution in [1.29, 1.82) is 0 Å². The third kappa shape index (κ3) is 20.3. The minimum atomic E-state index is 0.962. The van der Waals surface area contributed by atoms with Gasteiger partial charge >= 0.3 is 0 Å². The number of rotatable bonds is 26. The fraction of sp³-hybridized carbons (Fsp3) is 0.903. The van der Waals surface area contributed by atoms with E-state index in [2.05, 4.69) is 23.8 Å². The molecule has 2 heteroatoms. The SMILES string of the molecule is CCCCCCCCCCCCCC(CCCCCCCCCC)CCCC[C+]1N=CC=N1. The van der Waals surface area contributed by atoms with E-state index in [0.717, 1.165) is 18.5 Å². The molecule has 0 N–H and O–H groups in total. The first-order valence-electron chi connectivity index (χ1n) is 15.3. The molecular weight excluding hydrogens is 400 g/mol. The predicted octanol–water partition coefficient (Wildman–Crippen LogP) is 11.0. The van der Waals surface area contributed by atoms with Gasteiger partial charge in [0.25, 0.3) is 0 Å². The highest BCUT2D eigenvalue weighted by atomic mass is 15.0. The molecule has 2 nitrogen and oxygen atoms in total. The molecule has 1 aliphatic rings. The van der Waals surface area contributed by atoms with Gasteiger partial charge in [-0.25, -0.2) is 0 Å². The van der Waals surface area contributed by atoms with E-state index < -0.39 is 0 Å². The molecule has 0 spiro atoms. The number of hydrogen-bond donors (Lipinski definition) is 0. The van der Waals surface area contributed by atoms with E-state index in [4.69, 9.17) is 0 Å². The Hall–Kier alpha value is -0.790. The van der Waals surface area contributed by atoms with Crippen LogP contribution in [0, 0.1) is 12.1 Å². The number of hydrogen-bond acceptors (Lipinski definition) is 2. The van der Waals surface area contributed by atoms with Crippen LogP contribution in [0.4, 0.5) is 0 Å². The zero-order valence-corrected chi connectivity index (χ0v) is 22.8. The Morgan fingerprint density at radius 2 is 0.788 bits per heavy atom. The predicted molar refractivity (Wildman–Crippen MR) is 150 cm³/mol. The van der Waals surface area contributed by atoms with E-state index in [1.54, 1.807) is 0 Å². The van der Waals surface area contributed by atoms with Crippen molar-refractivity contribution in [3.63, 3.8) is 0 Å². The van der Waals surface area contributed by atoms with Gasteiger partial charge in [-0.2, -0.15) is 0 Å². The molecule has 33 heavy (non-hydrogen) atoms. The van der Waals surface area contributed by atoms with Gasteiger partial charge in [-0.05, 0) is 12.3 Å². The molecule has 1 rings (SSSR count). The summed E-state index contributed by atoms with van der Waals surface area (Å²) in [6, 6.07) is 0. The van der Waals surface area contributed by atoms with Crippen LogP contribution >= 0.6 is 0 Å². The number of unbranched alkanes of at least 4 members (excludes halogenated alkanes) is 18. The van der Waals surface area contributed by atoms with Gasteiger partial charge in [0.2, 0.25) is 6.17 Å². The van der Waals surface area contributed by atoms with E-state index >= 15 is 0 Å². The van der Waals surface area contributed by atoms with Gasteiger partial charge in [-0.15, -0.1) is 0 Å². The van der Waals surface area contributed by atoms with Crippen LogP contribution in [0.15, 0.2) is 9.98 Å². The molecule has 0 bridgehead atoms. The number of aliphatic imine (C=N–C) groups is 2. The largest absolute Gasteiger partial charge is 0.240 e. The maximum Gasteiger partial charge on any atom is 0.240 e. The summed E-state index contributed by atoms with van der Waals surface area (Å²) >= 11 is 0. The van der Waals surface area contributed by atoms with Crippen molar-refractivity contribution in [3.05, 3.63) is 6.17 Å². The topological polar surface area (TPSA) is 24.7 Å². The second-order valence-electron chi connectivity index (χ2n) is 10.7. The Morgan fingerprint density at radius 3 is 1.18 bits per heavy atom. The normalized spacial score (nSPS) is 13.9. The fourth-order valence-corrected chi connectivity index (χ4v) is 5.21. The lowest BCUT2D eigenvalue weighted by Gasteiger charge is -2.17. The molecule has 0 aromatic carbocycles. The van der Waals surface area contributed by atoms with Crippen molar-refractivity contribution in [3.8, 4) is 0 Å². The zero-order valence-electron chi connectivity index (χ0n) is 22.8. The second kappa shape index (κ2) is 24.3. The molecule has 0 amide bonds. The van der Waals surface area contributed by atoms with Crippen LogP contribution in [-0.2, 0) is 0 Å². The van der Waals surface area contributed by atoms with Crippen LogP contribution in [0.5, 0.6) is 0 Å². The monoisotopic (exact) mass is 459 g/mol. The van der Waals surface area contributed by atoms with Gasteiger partial charge in [0.1, 0.15) is 0 Å². The standard InChI is InChI=1S/C31H59N2/c1-3-5-7-9-11-13-14-15-17-19-21-25-30(24-20-18-16-12-10-8-6-4-2)26-22-23-27-31-32-28-29-33-31/h28-30H,3-27H2,1-2H3/q+1. The Labute approximate surface area is 208 Å². The molecule has 0 radical (unpaired) electrons. The molecule has 0 aliphatic carbocycles. The van der Waals surface area contributed by atoms with Crippen molar-refractivity contribution >= 4 is 12.4 Å².